The Bertz CT molecular complexity index is 939. The molecule has 2 aromatic heterocycles. The van der Waals surface area contributed by atoms with Gasteiger partial charge in [0.1, 0.15) is 5.76 Å². The molecule has 0 radical (unpaired) electrons. The van der Waals surface area contributed by atoms with Crippen molar-refractivity contribution in [1.82, 2.24) is 15.5 Å². The van der Waals surface area contributed by atoms with Crippen LogP contribution in [0.1, 0.15) is 21.7 Å². The first-order chi connectivity index (χ1) is 13.1. The smallest absolute Gasteiger partial charge is 0.253 e. The maximum Gasteiger partial charge on any atom is 0.253 e. The third-order valence-corrected chi connectivity index (χ3v) is 3.80. The van der Waals surface area contributed by atoms with Crippen LogP contribution in [0.5, 0.6) is 11.5 Å². The molecular weight excluding hydrogens is 348 g/mol. The molecule has 0 spiro atoms. The van der Waals surface area contributed by atoms with Crippen LogP contribution in [-0.2, 0) is 6.54 Å². The minimum Gasteiger partial charge on any atom is -0.493 e. The van der Waals surface area contributed by atoms with E-state index in [4.69, 9.17) is 14.0 Å². The van der Waals surface area contributed by atoms with Gasteiger partial charge in [-0.15, -0.1) is 0 Å². The average molecular weight is 368 g/mol. The summed E-state index contributed by atoms with van der Waals surface area (Å²) < 4.78 is 15.5. The summed E-state index contributed by atoms with van der Waals surface area (Å²) in [4.78, 5) is 16.5. The topological polar surface area (TPSA) is 98.5 Å². The second-order valence-electron chi connectivity index (χ2n) is 5.78. The van der Waals surface area contributed by atoms with Gasteiger partial charge in [-0.05, 0) is 30.7 Å². The highest BCUT2D eigenvalue weighted by molar-refractivity contribution is 5.94. The SMILES string of the molecule is COc1ccc(CNC(=O)c2cncc(Nc3cc(C)on3)c2)cc1OC. The van der Waals surface area contributed by atoms with Gasteiger partial charge in [0.15, 0.2) is 17.3 Å². The van der Waals surface area contributed by atoms with Crippen LogP contribution < -0.4 is 20.1 Å². The molecule has 0 aliphatic heterocycles. The molecule has 140 valence electrons. The molecule has 2 N–H and O–H groups in total. The summed E-state index contributed by atoms with van der Waals surface area (Å²) in [7, 11) is 3.15. The normalized spacial score (nSPS) is 10.3. The number of amides is 1. The summed E-state index contributed by atoms with van der Waals surface area (Å²) >= 11 is 0. The lowest BCUT2D eigenvalue weighted by Gasteiger charge is -2.10. The quantitative estimate of drug-likeness (QED) is 0.661. The molecule has 0 atom stereocenters. The second kappa shape index (κ2) is 8.22. The molecule has 27 heavy (non-hydrogen) atoms. The third kappa shape index (κ3) is 4.55. The van der Waals surface area contributed by atoms with Crippen molar-refractivity contribution in [3.8, 4) is 11.5 Å². The number of nitrogens with one attached hydrogen (secondary N) is 2. The van der Waals surface area contributed by atoms with Gasteiger partial charge in [-0.3, -0.25) is 9.78 Å². The first kappa shape index (κ1) is 18.2. The number of aryl methyl sites for hydroxylation is 1. The zero-order valence-corrected chi connectivity index (χ0v) is 15.3. The Morgan fingerprint density at radius 1 is 1.11 bits per heavy atom. The van der Waals surface area contributed by atoms with Gasteiger partial charge in [0.25, 0.3) is 5.91 Å². The van der Waals surface area contributed by atoms with Crippen molar-refractivity contribution < 1.29 is 18.8 Å². The largest absolute Gasteiger partial charge is 0.493 e. The van der Waals surface area contributed by atoms with Gasteiger partial charge in [0, 0.05) is 18.8 Å². The van der Waals surface area contributed by atoms with Crippen LogP contribution in [0.15, 0.2) is 47.2 Å². The highest BCUT2D eigenvalue weighted by atomic mass is 16.5. The summed E-state index contributed by atoms with van der Waals surface area (Å²) in [6.07, 6.45) is 3.11. The number of nitrogens with zero attached hydrogens (tertiary/aromatic N) is 2. The molecule has 1 amide bonds. The van der Waals surface area contributed by atoms with Gasteiger partial charge < -0.3 is 24.6 Å². The Hall–Kier alpha value is -3.55. The van der Waals surface area contributed by atoms with E-state index in [0.29, 0.717) is 40.9 Å². The molecule has 2 heterocycles. The number of anilines is 2. The van der Waals surface area contributed by atoms with Gasteiger partial charge in [-0.1, -0.05) is 11.2 Å². The fourth-order valence-corrected chi connectivity index (χ4v) is 2.48. The highest BCUT2D eigenvalue weighted by Crippen LogP contribution is 2.27. The number of hydrogen-bond acceptors (Lipinski definition) is 7. The minimum absolute atomic E-state index is 0.239. The molecule has 0 aliphatic rings. The molecule has 8 nitrogen and oxygen atoms in total. The number of methoxy groups -OCH3 is 2. The lowest BCUT2D eigenvalue weighted by molar-refractivity contribution is 0.0950. The molecule has 0 saturated carbocycles. The predicted octanol–water partition coefficient (Wildman–Crippen LogP) is 3.07. The molecule has 3 rings (SSSR count). The zero-order valence-electron chi connectivity index (χ0n) is 15.3. The van der Waals surface area contributed by atoms with Crippen LogP contribution in [0.3, 0.4) is 0 Å². The monoisotopic (exact) mass is 368 g/mol. The van der Waals surface area contributed by atoms with E-state index in [1.807, 2.05) is 12.1 Å². The lowest BCUT2D eigenvalue weighted by atomic mass is 10.2. The maximum absolute atomic E-state index is 12.4. The van der Waals surface area contributed by atoms with Crippen molar-refractivity contribution in [2.75, 3.05) is 19.5 Å². The van der Waals surface area contributed by atoms with Crippen LogP contribution in [0, 0.1) is 6.92 Å². The Kier molecular flexibility index (Phi) is 5.55. The number of aromatic nitrogens is 2. The standard InChI is InChI=1S/C19H20N4O4/c1-12-6-18(23-27-12)22-15-8-14(10-20-11-15)19(24)21-9-13-4-5-16(25-2)17(7-13)26-3/h4-8,10-11H,9H2,1-3H3,(H,21,24)(H,22,23). The number of carbonyl (C=O) groups excluding carboxylic acids is 1. The van der Waals surface area contributed by atoms with Gasteiger partial charge >= 0.3 is 0 Å². The molecule has 1 aromatic carbocycles. The van der Waals surface area contributed by atoms with E-state index >= 15 is 0 Å². The molecule has 0 aliphatic carbocycles. The van der Waals surface area contributed by atoms with Crippen molar-refractivity contribution in [2.24, 2.45) is 0 Å². The van der Waals surface area contributed by atoms with Crippen LogP contribution in [0.4, 0.5) is 11.5 Å². The molecule has 0 unspecified atom stereocenters. The number of ether oxygens (including phenoxy) is 2. The fourth-order valence-electron chi connectivity index (χ4n) is 2.48. The van der Waals surface area contributed by atoms with Crippen LogP contribution >= 0.6 is 0 Å². The van der Waals surface area contributed by atoms with Crippen molar-refractivity contribution in [1.29, 1.82) is 0 Å². The van der Waals surface area contributed by atoms with Crippen molar-refractivity contribution >= 4 is 17.4 Å². The van der Waals surface area contributed by atoms with E-state index < -0.39 is 0 Å². The molecule has 8 heteroatoms. The van der Waals surface area contributed by atoms with Crippen LogP contribution in [-0.4, -0.2) is 30.3 Å². The Balaban J connectivity index is 1.65. The first-order valence-electron chi connectivity index (χ1n) is 8.23. The zero-order chi connectivity index (χ0) is 19.2. The van der Waals surface area contributed by atoms with Gasteiger partial charge in [-0.2, -0.15) is 0 Å². The van der Waals surface area contributed by atoms with Crippen LogP contribution in [0.25, 0.3) is 0 Å². The predicted molar refractivity (Wildman–Crippen MR) is 99.5 cm³/mol. The van der Waals surface area contributed by atoms with Crippen LogP contribution in [0.2, 0.25) is 0 Å². The van der Waals surface area contributed by atoms with Gasteiger partial charge in [0.05, 0.1) is 31.7 Å². The number of rotatable bonds is 7. The van der Waals surface area contributed by atoms with Crippen molar-refractivity contribution in [2.45, 2.75) is 13.5 Å². The van der Waals surface area contributed by atoms with Gasteiger partial charge in [0.2, 0.25) is 0 Å². The Morgan fingerprint density at radius 2 is 1.93 bits per heavy atom. The number of hydrogen-bond donors (Lipinski definition) is 2. The van der Waals surface area contributed by atoms with Crippen molar-refractivity contribution in [3.05, 3.63) is 59.6 Å². The first-order valence-corrected chi connectivity index (χ1v) is 8.23. The van der Waals surface area contributed by atoms with Crippen molar-refractivity contribution in [3.63, 3.8) is 0 Å². The Morgan fingerprint density at radius 3 is 2.63 bits per heavy atom. The van der Waals surface area contributed by atoms with E-state index in [-0.39, 0.29) is 5.91 Å². The average Bonchev–Trinajstić information content (AvgIpc) is 3.10. The number of pyridine rings is 1. The summed E-state index contributed by atoms with van der Waals surface area (Å²) in [5.74, 6) is 2.25. The second-order valence-corrected chi connectivity index (χ2v) is 5.78. The summed E-state index contributed by atoms with van der Waals surface area (Å²) in [6, 6.07) is 8.93. The molecular formula is C19H20N4O4. The van der Waals surface area contributed by atoms with E-state index in [1.54, 1.807) is 45.5 Å². The van der Waals surface area contributed by atoms with E-state index in [0.717, 1.165) is 5.56 Å². The summed E-state index contributed by atoms with van der Waals surface area (Å²) in [5.41, 5.74) is 1.96. The van der Waals surface area contributed by atoms with E-state index in [1.165, 1.54) is 6.20 Å². The minimum atomic E-state index is -0.239. The lowest BCUT2D eigenvalue weighted by Crippen LogP contribution is -2.23. The molecule has 0 bridgehead atoms. The third-order valence-electron chi connectivity index (χ3n) is 3.80. The highest BCUT2D eigenvalue weighted by Gasteiger charge is 2.10. The fraction of sp³-hybridized carbons (Fsp3) is 0.211. The van der Waals surface area contributed by atoms with E-state index in [9.17, 15) is 4.79 Å². The molecule has 0 fully saturated rings. The summed E-state index contributed by atoms with van der Waals surface area (Å²) in [5, 5.41) is 9.76. The van der Waals surface area contributed by atoms with E-state index in [2.05, 4.69) is 20.8 Å². The maximum atomic E-state index is 12.4. The molecule has 0 saturated heterocycles. The molecule has 3 aromatic rings. The number of carbonyl (C=O) groups is 1. The summed E-state index contributed by atoms with van der Waals surface area (Å²) in [6.45, 7) is 2.15. The Labute approximate surface area is 156 Å². The number of benzene rings is 1. The van der Waals surface area contributed by atoms with Gasteiger partial charge in [-0.25, -0.2) is 0 Å².